The van der Waals surface area contributed by atoms with Gasteiger partial charge in [-0.2, -0.15) is 0 Å². The van der Waals surface area contributed by atoms with Crippen molar-refractivity contribution in [2.75, 3.05) is 28.3 Å². The van der Waals surface area contributed by atoms with E-state index in [1.807, 2.05) is 19.0 Å². The van der Waals surface area contributed by atoms with Crippen LogP contribution in [0.25, 0.3) is 0 Å². The minimum atomic E-state index is -0.833. The molecule has 0 amide bonds. The fraction of sp³-hybridized carbons (Fsp3) is 0.857. The second kappa shape index (κ2) is 8.45. The molecule has 5 heteroatoms. The second-order valence-corrected chi connectivity index (χ2v) is 2.26. The van der Waals surface area contributed by atoms with Gasteiger partial charge in [-0.15, -0.1) is 0 Å². The molecule has 5 nitrogen and oxygen atoms in total. The molecule has 74 valence electrons. The fourth-order valence-corrected chi connectivity index (χ4v) is 0.518. The van der Waals surface area contributed by atoms with Crippen molar-refractivity contribution in [1.82, 2.24) is 4.90 Å². The predicted molar refractivity (Wildman–Crippen MR) is 44.8 cm³/mol. The normalized spacial score (nSPS) is 9.58. The molecule has 0 aromatic carbocycles. The van der Waals surface area contributed by atoms with Crippen molar-refractivity contribution < 1.29 is 19.4 Å². The van der Waals surface area contributed by atoms with E-state index in [2.05, 4.69) is 0 Å². The topological polar surface area (TPSA) is 59.0 Å². The quantitative estimate of drug-likeness (QED) is 0.628. The Morgan fingerprint density at radius 3 is 1.58 bits per heavy atom. The van der Waals surface area contributed by atoms with Crippen LogP contribution in [0.15, 0.2) is 0 Å². The van der Waals surface area contributed by atoms with Crippen LogP contribution in [0, 0.1) is 0 Å². The average molecular weight is 179 g/mol. The smallest absolute Gasteiger partial charge is 0.300 e. The standard InChI is InChI=1S/C5H13NO2.C2H4O2/c1-6(2)5(7-3)8-4;1-2(3)4/h5H,1-4H3;1H3,(H,3,4). The van der Waals surface area contributed by atoms with E-state index in [1.165, 1.54) is 0 Å². The van der Waals surface area contributed by atoms with E-state index in [4.69, 9.17) is 19.4 Å². The SMILES string of the molecule is CC(=O)O.COC(OC)N(C)C. The number of rotatable bonds is 3. The van der Waals surface area contributed by atoms with Gasteiger partial charge >= 0.3 is 0 Å². The molecule has 0 fully saturated rings. The molecule has 0 spiro atoms. The van der Waals surface area contributed by atoms with Gasteiger partial charge in [0.2, 0.25) is 6.41 Å². The van der Waals surface area contributed by atoms with Crippen LogP contribution in [0.2, 0.25) is 0 Å². The minimum absolute atomic E-state index is 0.213. The summed E-state index contributed by atoms with van der Waals surface area (Å²) < 4.78 is 9.73. The third-order valence-corrected chi connectivity index (χ3v) is 0.825. The van der Waals surface area contributed by atoms with Gasteiger partial charge in [0.25, 0.3) is 5.97 Å². The lowest BCUT2D eigenvalue weighted by Crippen LogP contribution is -2.30. The van der Waals surface area contributed by atoms with Gasteiger partial charge in [0, 0.05) is 21.1 Å². The molecule has 0 aromatic heterocycles. The minimum Gasteiger partial charge on any atom is -0.481 e. The van der Waals surface area contributed by atoms with Gasteiger partial charge in [-0.25, -0.2) is 0 Å². The van der Waals surface area contributed by atoms with E-state index >= 15 is 0 Å². The molecule has 12 heavy (non-hydrogen) atoms. The third-order valence-electron chi connectivity index (χ3n) is 0.825. The lowest BCUT2D eigenvalue weighted by molar-refractivity contribution is -0.179. The Morgan fingerprint density at radius 2 is 1.58 bits per heavy atom. The summed E-state index contributed by atoms with van der Waals surface area (Å²) in [4.78, 5) is 10.8. The number of aliphatic carboxylic acids is 1. The number of methoxy groups -OCH3 is 2. The van der Waals surface area contributed by atoms with Gasteiger partial charge < -0.3 is 14.6 Å². The number of hydrogen-bond acceptors (Lipinski definition) is 4. The Bertz CT molecular complexity index is 108. The molecule has 0 saturated heterocycles. The van der Waals surface area contributed by atoms with Crippen LogP contribution in [0.3, 0.4) is 0 Å². The zero-order valence-electron chi connectivity index (χ0n) is 8.20. The van der Waals surface area contributed by atoms with Crippen LogP contribution in [0.5, 0.6) is 0 Å². The Hall–Kier alpha value is -0.650. The predicted octanol–water partition coefficient (Wildman–Crippen LogP) is 0.215. The maximum Gasteiger partial charge on any atom is 0.300 e. The Labute approximate surface area is 72.9 Å². The van der Waals surface area contributed by atoms with Crippen molar-refractivity contribution in [2.45, 2.75) is 13.3 Å². The molecular formula is C7H17NO4. The summed E-state index contributed by atoms with van der Waals surface area (Å²) in [6.45, 7) is 1.08. The van der Waals surface area contributed by atoms with Crippen LogP contribution in [0.4, 0.5) is 0 Å². The van der Waals surface area contributed by atoms with Gasteiger partial charge in [-0.1, -0.05) is 0 Å². The highest BCUT2D eigenvalue weighted by Crippen LogP contribution is 1.91. The summed E-state index contributed by atoms with van der Waals surface area (Å²) in [5.41, 5.74) is 0. The summed E-state index contributed by atoms with van der Waals surface area (Å²) in [5.74, 6) is -0.833. The van der Waals surface area contributed by atoms with Crippen molar-refractivity contribution in [3.8, 4) is 0 Å². The van der Waals surface area contributed by atoms with Crippen molar-refractivity contribution in [2.24, 2.45) is 0 Å². The van der Waals surface area contributed by atoms with Crippen LogP contribution in [-0.4, -0.2) is 50.7 Å². The summed E-state index contributed by atoms with van der Waals surface area (Å²) in [7, 11) is 6.98. The van der Waals surface area contributed by atoms with Crippen molar-refractivity contribution >= 4 is 5.97 Å². The molecular weight excluding hydrogens is 162 g/mol. The molecule has 0 aliphatic rings. The molecule has 0 saturated carbocycles. The second-order valence-electron chi connectivity index (χ2n) is 2.26. The van der Waals surface area contributed by atoms with Crippen LogP contribution >= 0.6 is 0 Å². The number of ether oxygens (including phenoxy) is 2. The summed E-state index contributed by atoms with van der Waals surface area (Å²) in [6, 6.07) is 0. The first kappa shape index (κ1) is 13.9. The molecule has 0 aliphatic heterocycles. The molecule has 1 N–H and O–H groups in total. The first-order chi connectivity index (χ1) is 5.45. The zero-order valence-corrected chi connectivity index (χ0v) is 8.20. The third kappa shape index (κ3) is 12.1. The Balaban J connectivity index is 0. The van der Waals surface area contributed by atoms with Crippen LogP contribution in [0.1, 0.15) is 6.92 Å². The summed E-state index contributed by atoms with van der Waals surface area (Å²) in [5, 5.41) is 7.42. The van der Waals surface area contributed by atoms with Crippen LogP contribution < -0.4 is 0 Å². The molecule has 0 atom stereocenters. The Kier molecular flexibility index (Phi) is 9.79. The average Bonchev–Trinajstić information content (AvgIpc) is 1.87. The maximum atomic E-state index is 9.00. The summed E-state index contributed by atoms with van der Waals surface area (Å²) in [6.07, 6.45) is -0.213. The van der Waals surface area contributed by atoms with E-state index < -0.39 is 5.97 Å². The van der Waals surface area contributed by atoms with E-state index in [0.717, 1.165) is 6.92 Å². The molecule has 0 bridgehead atoms. The van der Waals surface area contributed by atoms with Crippen molar-refractivity contribution in [1.29, 1.82) is 0 Å². The van der Waals surface area contributed by atoms with E-state index in [-0.39, 0.29) is 6.41 Å². The van der Waals surface area contributed by atoms with Crippen molar-refractivity contribution in [3.05, 3.63) is 0 Å². The van der Waals surface area contributed by atoms with E-state index in [0.29, 0.717) is 0 Å². The molecule has 0 unspecified atom stereocenters. The van der Waals surface area contributed by atoms with Gasteiger partial charge in [-0.3, -0.25) is 9.69 Å². The Morgan fingerprint density at radius 1 is 1.33 bits per heavy atom. The fourth-order valence-electron chi connectivity index (χ4n) is 0.518. The first-order valence-electron chi connectivity index (χ1n) is 3.37. The van der Waals surface area contributed by atoms with E-state index in [9.17, 15) is 0 Å². The number of carboxylic acids is 1. The number of nitrogens with zero attached hydrogens (tertiary/aromatic N) is 1. The van der Waals surface area contributed by atoms with Crippen LogP contribution in [-0.2, 0) is 14.3 Å². The molecule has 0 radical (unpaired) electrons. The highest BCUT2D eigenvalue weighted by atomic mass is 16.7. The van der Waals surface area contributed by atoms with Gasteiger partial charge in [0.1, 0.15) is 0 Å². The zero-order chi connectivity index (χ0) is 10.1. The highest BCUT2D eigenvalue weighted by Gasteiger charge is 2.04. The van der Waals surface area contributed by atoms with Gasteiger partial charge in [0.05, 0.1) is 0 Å². The van der Waals surface area contributed by atoms with Gasteiger partial charge in [-0.05, 0) is 14.1 Å². The molecule has 0 heterocycles. The largest absolute Gasteiger partial charge is 0.481 e. The van der Waals surface area contributed by atoms with Crippen molar-refractivity contribution in [3.63, 3.8) is 0 Å². The molecule has 0 aliphatic carbocycles. The monoisotopic (exact) mass is 179 g/mol. The molecule has 0 aromatic rings. The lowest BCUT2D eigenvalue weighted by atomic mass is 10.9. The number of carboxylic acid groups (broad SMARTS) is 1. The highest BCUT2D eigenvalue weighted by molar-refractivity contribution is 5.62. The van der Waals surface area contributed by atoms with Gasteiger partial charge in [0.15, 0.2) is 0 Å². The maximum absolute atomic E-state index is 9.00. The van der Waals surface area contributed by atoms with E-state index in [1.54, 1.807) is 14.2 Å². The lowest BCUT2D eigenvalue weighted by Gasteiger charge is -2.19. The summed E-state index contributed by atoms with van der Waals surface area (Å²) >= 11 is 0. The first-order valence-corrected chi connectivity index (χ1v) is 3.37. The number of hydrogen-bond donors (Lipinski definition) is 1. The number of carbonyl (C=O) groups is 1. The molecule has 0 rings (SSSR count).